The van der Waals surface area contributed by atoms with Crippen molar-refractivity contribution >= 4 is 17.6 Å². The number of esters is 1. The molecule has 2 heterocycles. The lowest BCUT2D eigenvalue weighted by molar-refractivity contribution is 0.0589. The van der Waals surface area contributed by atoms with E-state index in [9.17, 15) is 4.79 Å². The first-order valence-corrected chi connectivity index (χ1v) is 12.2. The van der Waals surface area contributed by atoms with Crippen LogP contribution in [0.3, 0.4) is 0 Å². The van der Waals surface area contributed by atoms with E-state index in [2.05, 4.69) is 57.7 Å². The third kappa shape index (κ3) is 5.77. The molecular formula is C26H31ClN6O2. The van der Waals surface area contributed by atoms with Gasteiger partial charge in [-0.1, -0.05) is 81.3 Å². The number of hydrogen-bond donors (Lipinski definition) is 1. The van der Waals surface area contributed by atoms with Gasteiger partial charge in [-0.15, -0.1) is 10.2 Å². The lowest BCUT2D eigenvalue weighted by atomic mass is 9.94. The number of hydrogen-bond acceptors (Lipinski definition) is 6. The van der Waals surface area contributed by atoms with Crippen LogP contribution in [0, 0.1) is 6.92 Å². The summed E-state index contributed by atoms with van der Waals surface area (Å²) in [5.41, 5.74) is 5.42. The highest BCUT2D eigenvalue weighted by Gasteiger charge is 2.23. The summed E-state index contributed by atoms with van der Waals surface area (Å²) in [6, 6.07) is 14.2. The van der Waals surface area contributed by atoms with Gasteiger partial charge >= 0.3 is 5.97 Å². The van der Waals surface area contributed by atoms with Crippen molar-refractivity contribution in [2.75, 3.05) is 7.11 Å². The van der Waals surface area contributed by atoms with Crippen molar-refractivity contribution in [3.05, 3.63) is 70.3 Å². The zero-order valence-electron chi connectivity index (χ0n) is 20.8. The normalized spacial score (nSPS) is 10.6. The molecule has 2 aromatic carbocycles. The summed E-state index contributed by atoms with van der Waals surface area (Å²) in [5, 5.41) is 14.7. The molecule has 0 aliphatic carbocycles. The van der Waals surface area contributed by atoms with E-state index >= 15 is 0 Å². The summed E-state index contributed by atoms with van der Waals surface area (Å²) < 4.78 is 6.81. The van der Waals surface area contributed by atoms with E-state index in [0.29, 0.717) is 12.4 Å². The number of imidazole rings is 1. The number of nitrogens with zero attached hydrogens (tertiary/aromatic N) is 5. The molecule has 0 spiro atoms. The average molecular weight is 495 g/mol. The van der Waals surface area contributed by atoms with E-state index in [1.54, 1.807) is 0 Å². The lowest BCUT2D eigenvalue weighted by Crippen LogP contribution is -2.14. The minimum atomic E-state index is -0.489. The minimum Gasteiger partial charge on any atom is -0.464 e. The van der Waals surface area contributed by atoms with Crippen molar-refractivity contribution < 1.29 is 9.53 Å². The van der Waals surface area contributed by atoms with Gasteiger partial charge in [-0.3, -0.25) is 0 Å². The van der Waals surface area contributed by atoms with Gasteiger partial charge < -0.3 is 9.30 Å². The molecule has 4 aromatic rings. The van der Waals surface area contributed by atoms with Crippen molar-refractivity contribution in [2.24, 2.45) is 0 Å². The van der Waals surface area contributed by atoms with Crippen molar-refractivity contribution in [1.82, 2.24) is 30.2 Å². The van der Waals surface area contributed by atoms with Crippen molar-refractivity contribution in [1.29, 1.82) is 0 Å². The van der Waals surface area contributed by atoms with Crippen LogP contribution in [0.5, 0.6) is 0 Å². The number of aryl methyl sites for hydroxylation is 2. The smallest absolute Gasteiger partial charge is 0.357 e. The van der Waals surface area contributed by atoms with Crippen molar-refractivity contribution in [3.8, 4) is 22.5 Å². The van der Waals surface area contributed by atoms with Gasteiger partial charge in [-0.05, 0) is 40.8 Å². The number of nitrogens with one attached hydrogen (secondary N) is 1. The van der Waals surface area contributed by atoms with Crippen LogP contribution < -0.4 is 0 Å². The van der Waals surface area contributed by atoms with Gasteiger partial charge in [0.15, 0.2) is 10.8 Å². The first kappa shape index (κ1) is 26.1. The number of carbonyl (C=O) groups is 1. The molecule has 0 atom stereocenters. The first-order valence-electron chi connectivity index (χ1n) is 11.8. The number of unbranched alkanes of at least 4 members (excludes halogenated alkanes) is 1. The summed E-state index contributed by atoms with van der Waals surface area (Å²) in [6.07, 6.45) is 2.72. The summed E-state index contributed by atoms with van der Waals surface area (Å²) in [7, 11) is 1.35. The third-order valence-electron chi connectivity index (χ3n) is 5.58. The third-order valence-corrected chi connectivity index (χ3v) is 5.84. The molecule has 0 radical (unpaired) electrons. The van der Waals surface area contributed by atoms with Crippen LogP contribution in [0.15, 0.2) is 42.5 Å². The topological polar surface area (TPSA) is 98.6 Å². The zero-order valence-corrected chi connectivity index (χ0v) is 21.6. The minimum absolute atomic E-state index is 0.175. The Morgan fingerprint density at radius 2 is 1.89 bits per heavy atom. The molecular weight excluding hydrogens is 464 g/mol. The quantitative estimate of drug-likeness (QED) is 0.306. The molecule has 0 aliphatic rings. The maximum Gasteiger partial charge on any atom is 0.357 e. The van der Waals surface area contributed by atoms with E-state index in [4.69, 9.17) is 16.3 Å². The van der Waals surface area contributed by atoms with Crippen LogP contribution in [-0.4, -0.2) is 43.3 Å². The van der Waals surface area contributed by atoms with Gasteiger partial charge in [0.25, 0.3) is 0 Å². The van der Waals surface area contributed by atoms with Gasteiger partial charge in [-0.2, -0.15) is 5.21 Å². The van der Waals surface area contributed by atoms with Gasteiger partial charge in [-0.25, -0.2) is 9.78 Å². The fourth-order valence-electron chi connectivity index (χ4n) is 3.93. The first-order chi connectivity index (χ1) is 17.0. The second kappa shape index (κ2) is 12.3. The summed E-state index contributed by atoms with van der Waals surface area (Å²) >= 11 is 6.31. The number of rotatable bonds is 8. The fraction of sp³-hybridized carbons (Fsp3) is 0.346. The second-order valence-electron chi connectivity index (χ2n) is 7.78. The Labute approximate surface area is 210 Å². The van der Waals surface area contributed by atoms with Gasteiger partial charge in [0.2, 0.25) is 5.82 Å². The largest absolute Gasteiger partial charge is 0.464 e. The Hall–Kier alpha value is -3.52. The standard InChI is InChI=1S/C24H25ClN6O2.C2H6/c1-4-5-9-19-26-22(25)21(24(32)33-3)31(19)14-16-10-12-17(13-11-16)20-15(2)7-6-8-18(20)23-27-29-30-28-23;1-2/h6-8,10-13H,4-5,9,14H2,1-3H3,(H,27,28,29,30);1-2H3. The van der Waals surface area contributed by atoms with Crippen LogP contribution in [0.1, 0.15) is 61.1 Å². The molecule has 35 heavy (non-hydrogen) atoms. The molecule has 0 fully saturated rings. The summed E-state index contributed by atoms with van der Waals surface area (Å²) in [5.74, 6) is 0.843. The SMILES string of the molecule is CC.CCCCc1nc(Cl)c(C(=O)OC)n1Cc1ccc(-c2c(C)cccc2-c2nn[nH]n2)cc1. The van der Waals surface area contributed by atoms with E-state index < -0.39 is 5.97 Å². The van der Waals surface area contributed by atoms with Crippen LogP contribution in [0.25, 0.3) is 22.5 Å². The second-order valence-corrected chi connectivity index (χ2v) is 8.14. The highest BCUT2D eigenvalue weighted by molar-refractivity contribution is 6.32. The number of carbonyl (C=O) groups excluding carboxylic acids is 1. The molecule has 9 heteroatoms. The Kier molecular flexibility index (Phi) is 9.14. The van der Waals surface area contributed by atoms with Gasteiger partial charge in [0.05, 0.1) is 7.11 Å². The number of halogens is 1. The predicted molar refractivity (Wildman–Crippen MR) is 137 cm³/mol. The maximum atomic E-state index is 12.4. The monoisotopic (exact) mass is 494 g/mol. The fourth-order valence-corrected chi connectivity index (χ4v) is 4.20. The number of tetrazole rings is 1. The molecule has 1 N–H and O–H groups in total. The van der Waals surface area contributed by atoms with Crippen LogP contribution in [0.4, 0.5) is 0 Å². The molecule has 184 valence electrons. The highest BCUT2D eigenvalue weighted by Crippen LogP contribution is 2.33. The average Bonchev–Trinajstić information content (AvgIpc) is 3.52. The van der Waals surface area contributed by atoms with Gasteiger partial charge in [0, 0.05) is 18.5 Å². The van der Waals surface area contributed by atoms with Crippen LogP contribution in [0.2, 0.25) is 5.15 Å². The molecule has 0 bridgehead atoms. The van der Waals surface area contributed by atoms with E-state index in [0.717, 1.165) is 52.9 Å². The molecule has 0 amide bonds. The predicted octanol–water partition coefficient (Wildman–Crippen LogP) is 5.90. The number of methoxy groups -OCH3 is 1. The Morgan fingerprint density at radius 3 is 2.51 bits per heavy atom. The van der Waals surface area contributed by atoms with Gasteiger partial charge in [0.1, 0.15) is 5.82 Å². The number of aromatic nitrogens is 6. The van der Waals surface area contributed by atoms with E-state index in [1.807, 2.05) is 42.7 Å². The highest BCUT2D eigenvalue weighted by atomic mass is 35.5. The molecule has 0 saturated heterocycles. The summed E-state index contributed by atoms with van der Waals surface area (Å²) in [6.45, 7) is 8.64. The van der Waals surface area contributed by atoms with Crippen molar-refractivity contribution in [2.45, 2.75) is 53.5 Å². The van der Waals surface area contributed by atoms with E-state index in [1.165, 1.54) is 7.11 Å². The molecule has 2 aromatic heterocycles. The molecule has 0 unspecified atom stereocenters. The van der Waals surface area contributed by atoms with E-state index in [-0.39, 0.29) is 10.8 Å². The van der Waals surface area contributed by atoms with Crippen molar-refractivity contribution in [3.63, 3.8) is 0 Å². The number of ether oxygens (including phenoxy) is 1. The molecule has 0 aliphatic heterocycles. The van der Waals surface area contributed by atoms with Crippen LogP contribution >= 0.6 is 11.6 Å². The number of aromatic amines is 1. The Bertz CT molecular complexity index is 1250. The summed E-state index contributed by atoms with van der Waals surface area (Å²) in [4.78, 5) is 16.8. The number of benzene rings is 2. The molecule has 0 saturated carbocycles. The zero-order chi connectivity index (χ0) is 25.4. The molecule has 8 nitrogen and oxygen atoms in total. The number of H-pyrrole nitrogens is 1. The Balaban J connectivity index is 0.00000167. The maximum absolute atomic E-state index is 12.4. The van der Waals surface area contributed by atoms with Crippen LogP contribution in [-0.2, 0) is 17.7 Å². The Morgan fingerprint density at radius 1 is 1.14 bits per heavy atom. The molecule has 4 rings (SSSR count). The lowest BCUT2D eigenvalue weighted by Gasteiger charge is -2.13.